The first-order chi connectivity index (χ1) is 14.5. The van der Waals surface area contributed by atoms with E-state index in [1.54, 1.807) is 12.1 Å². The summed E-state index contributed by atoms with van der Waals surface area (Å²) in [6.07, 6.45) is 3.25. The van der Waals surface area contributed by atoms with Gasteiger partial charge in [0.25, 0.3) is 5.91 Å². The van der Waals surface area contributed by atoms with E-state index >= 15 is 0 Å². The molecule has 2 N–H and O–H groups in total. The Hall–Kier alpha value is -3.18. The topological polar surface area (TPSA) is 66.4 Å². The molecule has 5 heteroatoms. The molecule has 4 nitrogen and oxygen atoms in total. The monoisotopic (exact) mass is 415 g/mol. The molecule has 0 aromatic heterocycles. The molecule has 0 radical (unpaired) electrons. The first-order valence-electron chi connectivity index (χ1n) is 9.97. The smallest absolute Gasteiger partial charge is 0.257 e. The van der Waals surface area contributed by atoms with Crippen molar-refractivity contribution in [2.75, 3.05) is 0 Å². The number of carbonyl (C=O) groups excluding carboxylic acids is 1. The molecule has 1 amide bonds. The van der Waals surface area contributed by atoms with Gasteiger partial charge in [-0.15, -0.1) is 0 Å². The van der Waals surface area contributed by atoms with Crippen molar-refractivity contribution >= 4 is 21.8 Å². The van der Waals surface area contributed by atoms with E-state index in [9.17, 15) is 14.1 Å². The Balaban J connectivity index is 1.51. The highest BCUT2D eigenvalue weighted by atomic mass is 32.2. The van der Waals surface area contributed by atoms with Crippen molar-refractivity contribution in [3.63, 3.8) is 0 Å². The summed E-state index contributed by atoms with van der Waals surface area (Å²) in [6.45, 7) is 2.09. The number of carbonyl (C=O) groups is 1. The standard InChI is InChI=1S/C25H21NO3S/c1-15-5-7-16(8-6-15)18-3-2-4-20-19(11-12-21(18)20)17-9-10-22(23(27)13-17)24-14-25(28)26-30(24)29/h2-10,13-14,19,27H,11-12H2,1H3,(H,26,28)/t19-,30?/m1/s1. The zero-order chi connectivity index (χ0) is 20.8. The minimum atomic E-state index is -1.62. The number of rotatable bonds is 3. The molecule has 0 saturated carbocycles. The van der Waals surface area contributed by atoms with Crippen LogP contribution in [-0.2, 0) is 22.2 Å². The van der Waals surface area contributed by atoms with E-state index in [-0.39, 0.29) is 11.7 Å². The van der Waals surface area contributed by atoms with Gasteiger partial charge in [0.15, 0.2) is 11.0 Å². The van der Waals surface area contributed by atoms with Crippen LogP contribution in [0.5, 0.6) is 5.75 Å². The molecule has 0 fully saturated rings. The third-order valence-corrected chi connectivity index (χ3v) is 7.10. The van der Waals surface area contributed by atoms with Gasteiger partial charge in [-0.05, 0) is 59.7 Å². The van der Waals surface area contributed by atoms with Gasteiger partial charge in [0.1, 0.15) is 5.75 Å². The van der Waals surface area contributed by atoms with Crippen LogP contribution in [0.4, 0.5) is 0 Å². The molecule has 0 spiro atoms. The van der Waals surface area contributed by atoms with Crippen LogP contribution in [0.3, 0.4) is 0 Å². The molecular formula is C25H21NO3S. The first kappa shape index (κ1) is 18.8. The van der Waals surface area contributed by atoms with Crippen molar-refractivity contribution in [2.45, 2.75) is 25.7 Å². The Morgan fingerprint density at radius 2 is 1.83 bits per heavy atom. The number of hydrogen-bond acceptors (Lipinski definition) is 3. The summed E-state index contributed by atoms with van der Waals surface area (Å²) < 4.78 is 14.4. The van der Waals surface area contributed by atoms with Gasteiger partial charge in [-0.2, -0.15) is 0 Å². The number of hydrogen-bond donors (Lipinski definition) is 2. The number of aryl methyl sites for hydroxylation is 1. The Bertz CT molecular complexity index is 1230. The molecule has 3 aromatic carbocycles. The third kappa shape index (κ3) is 3.15. The van der Waals surface area contributed by atoms with Gasteiger partial charge in [-0.25, -0.2) is 4.21 Å². The Labute approximate surface area is 177 Å². The van der Waals surface area contributed by atoms with Crippen LogP contribution in [0.2, 0.25) is 0 Å². The highest BCUT2D eigenvalue weighted by molar-refractivity contribution is 7.94. The number of benzene rings is 3. The van der Waals surface area contributed by atoms with Gasteiger partial charge in [-0.1, -0.05) is 54.1 Å². The lowest BCUT2D eigenvalue weighted by Crippen LogP contribution is -2.16. The zero-order valence-corrected chi connectivity index (χ0v) is 17.3. The average molecular weight is 416 g/mol. The van der Waals surface area contributed by atoms with Crippen molar-refractivity contribution in [1.29, 1.82) is 0 Å². The minimum absolute atomic E-state index is 0.0479. The second kappa shape index (κ2) is 7.26. The number of amides is 1. The molecular weight excluding hydrogens is 394 g/mol. The fraction of sp³-hybridized carbons (Fsp3) is 0.160. The molecule has 1 unspecified atom stereocenters. The van der Waals surface area contributed by atoms with Gasteiger partial charge in [0, 0.05) is 17.6 Å². The molecule has 1 heterocycles. The van der Waals surface area contributed by atoms with Crippen molar-refractivity contribution in [1.82, 2.24) is 4.72 Å². The van der Waals surface area contributed by atoms with Crippen molar-refractivity contribution in [3.8, 4) is 16.9 Å². The maximum absolute atomic E-state index is 12.0. The predicted molar refractivity (Wildman–Crippen MR) is 119 cm³/mol. The summed E-state index contributed by atoms with van der Waals surface area (Å²) in [6, 6.07) is 20.5. The van der Waals surface area contributed by atoms with Gasteiger partial charge in [0.05, 0.1) is 4.91 Å². The van der Waals surface area contributed by atoms with E-state index in [1.807, 2.05) is 6.07 Å². The van der Waals surface area contributed by atoms with E-state index in [1.165, 1.54) is 33.9 Å². The largest absolute Gasteiger partial charge is 0.507 e. The normalized spacial score (nSPS) is 20.0. The van der Waals surface area contributed by atoms with E-state index in [2.05, 4.69) is 54.1 Å². The van der Waals surface area contributed by atoms with Crippen LogP contribution < -0.4 is 4.72 Å². The second-order valence-corrected chi connectivity index (χ2v) is 9.03. The van der Waals surface area contributed by atoms with Gasteiger partial charge < -0.3 is 5.11 Å². The molecule has 2 aliphatic rings. The van der Waals surface area contributed by atoms with Gasteiger partial charge in [0.2, 0.25) is 0 Å². The lowest BCUT2D eigenvalue weighted by molar-refractivity contribution is -0.114. The molecule has 2 atom stereocenters. The van der Waals surface area contributed by atoms with Crippen molar-refractivity contribution in [2.24, 2.45) is 0 Å². The number of phenolic OH excluding ortho intramolecular Hbond substituents is 1. The summed E-state index contributed by atoms with van der Waals surface area (Å²) in [4.78, 5) is 11.8. The highest BCUT2D eigenvalue weighted by Gasteiger charge is 2.28. The van der Waals surface area contributed by atoms with E-state index in [4.69, 9.17) is 0 Å². The Morgan fingerprint density at radius 3 is 2.53 bits per heavy atom. The summed E-state index contributed by atoms with van der Waals surface area (Å²) >= 11 is 0. The molecule has 1 aliphatic carbocycles. The molecule has 30 heavy (non-hydrogen) atoms. The van der Waals surface area contributed by atoms with Crippen LogP contribution in [0.25, 0.3) is 16.0 Å². The number of phenols is 1. The summed E-state index contributed by atoms with van der Waals surface area (Å²) in [5.41, 5.74) is 7.86. The van der Waals surface area contributed by atoms with E-state index in [0.717, 1.165) is 18.4 Å². The minimum Gasteiger partial charge on any atom is -0.507 e. The van der Waals surface area contributed by atoms with Crippen molar-refractivity contribution < 1.29 is 14.1 Å². The molecule has 0 saturated heterocycles. The Morgan fingerprint density at radius 1 is 1.03 bits per heavy atom. The lowest BCUT2D eigenvalue weighted by atomic mass is 9.90. The lowest BCUT2D eigenvalue weighted by Gasteiger charge is -2.15. The SMILES string of the molecule is Cc1ccc(-c2cccc3c2CC[C@@H]3c2ccc(C3=CC(=O)NS3=O)c(O)c2)cc1. The van der Waals surface area contributed by atoms with Crippen LogP contribution in [0, 0.1) is 6.92 Å². The van der Waals surface area contributed by atoms with Crippen LogP contribution in [0.15, 0.2) is 66.7 Å². The maximum Gasteiger partial charge on any atom is 0.257 e. The van der Waals surface area contributed by atoms with Crippen molar-refractivity contribution in [3.05, 3.63) is 94.6 Å². The zero-order valence-electron chi connectivity index (χ0n) is 16.5. The van der Waals surface area contributed by atoms with Gasteiger partial charge >= 0.3 is 0 Å². The number of fused-ring (bicyclic) bond motifs is 1. The van der Waals surface area contributed by atoms with Gasteiger partial charge in [-0.3, -0.25) is 9.52 Å². The second-order valence-electron chi connectivity index (χ2n) is 7.85. The molecule has 1 aliphatic heterocycles. The first-order valence-corrected chi connectivity index (χ1v) is 11.1. The fourth-order valence-electron chi connectivity index (χ4n) is 4.50. The molecule has 3 aromatic rings. The third-order valence-electron chi connectivity index (χ3n) is 5.98. The summed E-state index contributed by atoms with van der Waals surface area (Å²) in [5, 5.41) is 10.6. The summed E-state index contributed by atoms with van der Waals surface area (Å²) in [5.74, 6) is -0.153. The highest BCUT2D eigenvalue weighted by Crippen LogP contribution is 2.44. The molecule has 150 valence electrons. The molecule has 5 rings (SSSR count). The fourth-order valence-corrected chi connectivity index (χ4v) is 5.44. The average Bonchev–Trinajstić information content (AvgIpc) is 3.31. The number of nitrogens with one attached hydrogen (secondary N) is 1. The quantitative estimate of drug-likeness (QED) is 0.658. The van der Waals surface area contributed by atoms with Crippen LogP contribution >= 0.6 is 0 Å². The maximum atomic E-state index is 12.0. The molecule has 0 bridgehead atoms. The van der Waals surface area contributed by atoms with E-state index in [0.29, 0.717) is 10.5 Å². The summed E-state index contributed by atoms with van der Waals surface area (Å²) in [7, 11) is -1.62. The number of aromatic hydroxyl groups is 1. The Kier molecular flexibility index (Phi) is 4.55. The van der Waals surface area contributed by atoms with Crippen LogP contribution in [0.1, 0.15) is 40.2 Å². The predicted octanol–water partition coefficient (Wildman–Crippen LogP) is 4.58. The van der Waals surface area contributed by atoms with Crippen LogP contribution in [-0.4, -0.2) is 15.2 Å². The van der Waals surface area contributed by atoms with E-state index < -0.39 is 16.9 Å².